The Morgan fingerprint density at radius 3 is 2.29 bits per heavy atom. The van der Waals surface area contributed by atoms with Crippen LogP contribution in [0, 0.1) is 26.7 Å². The van der Waals surface area contributed by atoms with E-state index in [1.165, 1.54) is 0 Å². The summed E-state index contributed by atoms with van der Waals surface area (Å²) in [7, 11) is 0. The summed E-state index contributed by atoms with van der Waals surface area (Å²) in [5.41, 5.74) is 5.16. The standard InChI is InChI=1S/C25H31N3O3/c1-5-6-11-28-15-20(14-22(28)29)25(31)26-21-9-7-19(8-10-21)24(30)27-23-17(3)12-16(2)13-18(23)4/h7-10,12-13,20H,5-6,11,14-15H2,1-4H3,(H,26,31)(H,27,30). The molecule has 1 aliphatic heterocycles. The smallest absolute Gasteiger partial charge is 0.255 e. The lowest BCUT2D eigenvalue weighted by Gasteiger charge is -2.16. The van der Waals surface area contributed by atoms with Gasteiger partial charge in [0.25, 0.3) is 5.91 Å². The van der Waals surface area contributed by atoms with E-state index >= 15 is 0 Å². The van der Waals surface area contributed by atoms with E-state index in [9.17, 15) is 14.4 Å². The van der Waals surface area contributed by atoms with Crippen molar-refractivity contribution in [3.8, 4) is 0 Å². The Bertz CT molecular complexity index is 959. The van der Waals surface area contributed by atoms with Crippen LogP contribution in [0.3, 0.4) is 0 Å². The normalized spacial score (nSPS) is 15.8. The topological polar surface area (TPSA) is 78.5 Å². The van der Waals surface area contributed by atoms with Gasteiger partial charge in [0, 0.05) is 36.4 Å². The molecule has 0 aliphatic carbocycles. The summed E-state index contributed by atoms with van der Waals surface area (Å²) in [5.74, 6) is -0.640. The molecule has 1 atom stereocenters. The summed E-state index contributed by atoms with van der Waals surface area (Å²) in [5, 5.41) is 5.86. The Kier molecular flexibility index (Phi) is 7.10. The Hall–Kier alpha value is -3.15. The molecule has 1 unspecified atom stereocenters. The van der Waals surface area contributed by atoms with Gasteiger partial charge in [0.05, 0.1) is 5.92 Å². The van der Waals surface area contributed by atoms with Gasteiger partial charge in [-0.1, -0.05) is 31.0 Å². The maximum atomic E-state index is 12.7. The molecular formula is C25H31N3O3. The second-order valence-electron chi connectivity index (χ2n) is 8.39. The summed E-state index contributed by atoms with van der Waals surface area (Å²) in [6, 6.07) is 10.9. The molecule has 0 radical (unpaired) electrons. The number of benzene rings is 2. The third-order valence-electron chi connectivity index (χ3n) is 5.70. The molecule has 0 saturated carbocycles. The van der Waals surface area contributed by atoms with E-state index in [4.69, 9.17) is 0 Å². The van der Waals surface area contributed by atoms with Gasteiger partial charge in [0.1, 0.15) is 0 Å². The number of hydrogen-bond donors (Lipinski definition) is 2. The van der Waals surface area contributed by atoms with Crippen molar-refractivity contribution in [1.82, 2.24) is 4.90 Å². The monoisotopic (exact) mass is 421 g/mol. The summed E-state index contributed by atoms with van der Waals surface area (Å²) in [4.78, 5) is 39.1. The largest absolute Gasteiger partial charge is 0.342 e. The average molecular weight is 422 g/mol. The quantitative estimate of drug-likeness (QED) is 0.693. The highest BCUT2D eigenvalue weighted by molar-refractivity contribution is 6.05. The Morgan fingerprint density at radius 2 is 1.68 bits per heavy atom. The van der Waals surface area contributed by atoms with Crippen LogP contribution in [0.15, 0.2) is 36.4 Å². The van der Waals surface area contributed by atoms with Crippen LogP contribution in [0.4, 0.5) is 11.4 Å². The molecular weight excluding hydrogens is 390 g/mol. The van der Waals surface area contributed by atoms with Gasteiger partial charge in [0.2, 0.25) is 11.8 Å². The number of likely N-dealkylation sites (tertiary alicyclic amines) is 1. The van der Waals surface area contributed by atoms with Crippen molar-refractivity contribution in [3.63, 3.8) is 0 Å². The predicted octanol–water partition coefficient (Wildman–Crippen LogP) is 4.45. The number of unbranched alkanes of at least 4 members (excludes halogenated alkanes) is 1. The minimum Gasteiger partial charge on any atom is -0.342 e. The molecule has 0 spiro atoms. The first-order chi connectivity index (χ1) is 14.8. The summed E-state index contributed by atoms with van der Waals surface area (Å²) >= 11 is 0. The second kappa shape index (κ2) is 9.77. The maximum absolute atomic E-state index is 12.7. The van der Waals surface area contributed by atoms with E-state index in [-0.39, 0.29) is 30.1 Å². The molecule has 6 heteroatoms. The van der Waals surface area contributed by atoms with E-state index in [2.05, 4.69) is 17.6 Å². The van der Waals surface area contributed by atoms with Gasteiger partial charge in [-0.05, 0) is 62.6 Å². The zero-order valence-corrected chi connectivity index (χ0v) is 18.7. The first-order valence-corrected chi connectivity index (χ1v) is 10.9. The van der Waals surface area contributed by atoms with E-state index in [0.29, 0.717) is 24.3 Å². The van der Waals surface area contributed by atoms with Gasteiger partial charge in [-0.15, -0.1) is 0 Å². The molecule has 1 fully saturated rings. The van der Waals surface area contributed by atoms with Crippen LogP contribution >= 0.6 is 0 Å². The number of nitrogens with one attached hydrogen (secondary N) is 2. The van der Waals surface area contributed by atoms with Gasteiger partial charge < -0.3 is 15.5 Å². The molecule has 1 saturated heterocycles. The highest BCUT2D eigenvalue weighted by Gasteiger charge is 2.33. The Morgan fingerprint density at radius 1 is 1.03 bits per heavy atom. The number of amides is 3. The van der Waals surface area contributed by atoms with Gasteiger partial charge in [-0.25, -0.2) is 0 Å². The Balaban J connectivity index is 1.60. The molecule has 164 valence electrons. The number of rotatable bonds is 7. The van der Waals surface area contributed by atoms with Crippen molar-refractivity contribution in [1.29, 1.82) is 0 Å². The minimum atomic E-state index is -0.334. The lowest BCUT2D eigenvalue weighted by Crippen LogP contribution is -2.29. The first-order valence-electron chi connectivity index (χ1n) is 10.9. The number of aryl methyl sites for hydroxylation is 3. The van der Waals surface area contributed by atoms with Crippen LogP contribution in [0.5, 0.6) is 0 Å². The SMILES string of the molecule is CCCCN1CC(C(=O)Nc2ccc(C(=O)Nc3c(C)cc(C)cc3C)cc2)CC1=O. The fourth-order valence-electron chi connectivity index (χ4n) is 4.02. The van der Waals surface area contributed by atoms with Crippen LogP contribution in [0.2, 0.25) is 0 Å². The highest BCUT2D eigenvalue weighted by atomic mass is 16.2. The number of anilines is 2. The Labute approximate surface area is 184 Å². The maximum Gasteiger partial charge on any atom is 0.255 e. The van der Waals surface area contributed by atoms with E-state index < -0.39 is 0 Å². The van der Waals surface area contributed by atoms with Gasteiger partial charge >= 0.3 is 0 Å². The van der Waals surface area contributed by atoms with Crippen molar-refractivity contribution in [2.75, 3.05) is 23.7 Å². The van der Waals surface area contributed by atoms with Crippen molar-refractivity contribution in [2.24, 2.45) is 5.92 Å². The fourth-order valence-corrected chi connectivity index (χ4v) is 4.02. The number of nitrogens with zero attached hydrogens (tertiary/aromatic N) is 1. The molecule has 2 aromatic carbocycles. The molecule has 31 heavy (non-hydrogen) atoms. The molecule has 3 amide bonds. The van der Waals surface area contributed by atoms with Crippen LogP contribution in [-0.2, 0) is 9.59 Å². The highest BCUT2D eigenvalue weighted by Crippen LogP contribution is 2.24. The molecule has 1 heterocycles. The third-order valence-corrected chi connectivity index (χ3v) is 5.70. The van der Waals surface area contributed by atoms with Crippen molar-refractivity contribution >= 4 is 29.1 Å². The van der Waals surface area contributed by atoms with E-state index in [1.807, 2.05) is 32.9 Å². The van der Waals surface area contributed by atoms with Gasteiger partial charge in [-0.2, -0.15) is 0 Å². The lowest BCUT2D eigenvalue weighted by atomic mass is 10.0. The second-order valence-corrected chi connectivity index (χ2v) is 8.39. The molecule has 0 bridgehead atoms. The van der Waals surface area contributed by atoms with Crippen molar-refractivity contribution < 1.29 is 14.4 Å². The molecule has 2 N–H and O–H groups in total. The molecule has 0 aromatic heterocycles. The van der Waals surface area contributed by atoms with Crippen LogP contribution < -0.4 is 10.6 Å². The van der Waals surface area contributed by atoms with Gasteiger partial charge in [0.15, 0.2) is 0 Å². The summed E-state index contributed by atoms with van der Waals surface area (Å²) in [6.07, 6.45) is 2.22. The third kappa shape index (κ3) is 5.51. The number of carbonyl (C=O) groups excluding carboxylic acids is 3. The first kappa shape index (κ1) is 22.5. The number of hydrogen-bond acceptors (Lipinski definition) is 3. The van der Waals surface area contributed by atoms with E-state index in [0.717, 1.165) is 35.2 Å². The molecule has 1 aliphatic rings. The fraction of sp³-hybridized carbons (Fsp3) is 0.400. The lowest BCUT2D eigenvalue weighted by molar-refractivity contribution is -0.128. The van der Waals surface area contributed by atoms with E-state index in [1.54, 1.807) is 29.2 Å². The molecule has 2 aromatic rings. The zero-order chi connectivity index (χ0) is 22.5. The van der Waals surface area contributed by atoms with Crippen molar-refractivity contribution in [2.45, 2.75) is 47.0 Å². The van der Waals surface area contributed by atoms with Crippen LogP contribution in [0.1, 0.15) is 53.2 Å². The van der Waals surface area contributed by atoms with Crippen LogP contribution in [-0.4, -0.2) is 35.7 Å². The summed E-state index contributed by atoms with van der Waals surface area (Å²) in [6.45, 7) is 9.25. The van der Waals surface area contributed by atoms with Gasteiger partial charge in [-0.3, -0.25) is 14.4 Å². The average Bonchev–Trinajstić information content (AvgIpc) is 3.10. The van der Waals surface area contributed by atoms with Crippen LogP contribution in [0.25, 0.3) is 0 Å². The summed E-state index contributed by atoms with van der Waals surface area (Å²) < 4.78 is 0. The molecule has 6 nitrogen and oxygen atoms in total. The predicted molar refractivity (Wildman–Crippen MR) is 123 cm³/mol. The molecule has 3 rings (SSSR count). The number of carbonyl (C=O) groups is 3. The minimum absolute atomic E-state index is 0.0438. The zero-order valence-electron chi connectivity index (χ0n) is 18.7. The van der Waals surface area contributed by atoms with Crippen molar-refractivity contribution in [3.05, 3.63) is 58.7 Å².